The second kappa shape index (κ2) is 14.1. The lowest BCUT2D eigenvalue weighted by molar-refractivity contribution is -0.156. The van der Waals surface area contributed by atoms with Gasteiger partial charge in [0.1, 0.15) is 24.2 Å². The summed E-state index contributed by atoms with van der Waals surface area (Å²) in [5.41, 5.74) is 0.693. The minimum absolute atomic E-state index is 0.0710. The molecule has 1 fully saturated rings. The Hall–Kier alpha value is -2.61. The number of carbonyl (C=O) groups excluding carboxylic acids is 4. The van der Waals surface area contributed by atoms with Crippen molar-refractivity contribution >= 4 is 35.3 Å². The van der Waals surface area contributed by atoms with Gasteiger partial charge in [-0.15, -0.1) is 0 Å². The Morgan fingerprint density at radius 2 is 1.74 bits per heavy atom. The number of nitrogens with one attached hydrogen (secondary N) is 3. The fourth-order valence-corrected chi connectivity index (χ4v) is 4.16. The van der Waals surface area contributed by atoms with Crippen LogP contribution < -0.4 is 16.0 Å². The number of carbonyl (C=O) groups is 4. The molecule has 0 radical (unpaired) electrons. The number of benzene rings is 1. The van der Waals surface area contributed by atoms with Crippen molar-refractivity contribution in [3.05, 3.63) is 34.9 Å². The van der Waals surface area contributed by atoms with E-state index in [9.17, 15) is 19.2 Å². The van der Waals surface area contributed by atoms with E-state index in [1.807, 2.05) is 13.8 Å². The summed E-state index contributed by atoms with van der Waals surface area (Å²) in [6.07, 6.45) is 3.31. The SMILES string of the molecule is CCCCCC1CC(=O)N[C@@H](Cc2ccccc2Cl)C(=O)N[C@@H](C)C(=O)NC([C@@H](C)CC)C(=O)O1. The fraction of sp³-hybridized carbons (Fsp3) is 0.615. The van der Waals surface area contributed by atoms with E-state index in [-0.39, 0.29) is 18.8 Å². The zero-order valence-corrected chi connectivity index (χ0v) is 21.8. The topological polar surface area (TPSA) is 114 Å². The second-order valence-corrected chi connectivity index (χ2v) is 9.68. The minimum Gasteiger partial charge on any atom is -0.460 e. The average Bonchev–Trinajstić information content (AvgIpc) is 2.82. The number of rotatable bonds is 8. The quantitative estimate of drug-likeness (QED) is 0.369. The molecule has 0 aromatic heterocycles. The number of halogens is 1. The van der Waals surface area contributed by atoms with E-state index in [4.69, 9.17) is 16.3 Å². The number of ether oxygens (including phenoxy) is 1. The molecule has 9 heteroatoms. The van der Waals surface area contributed by atoms with Crippen molar-refractivity contribution in [1.29, 1.82) is 0 Å². The van der Waals surface area contributed by atoms with E-state index < -0.39 is 47.9 Å². The maximum Gasteiger partial charge on any atom is 0.329 e. The van der Waals surface area contributed by atoms with E-state index in [2.05, 4.69) is 22.9 Å². The van der Waals surface area contributed by atoms with Gasteiger partial charge in [-0.1, -0.05) is 69.8 Å². The number of hydrogen-bond donors (Lipinski definition) is 3. The molecule has 194 valence electrons. The summed E-state index contributed by atoms with van der Waals surface area (Å²) in [5, 5.41) is 8.65. The van der Waals surface area contributed by atoms with Crippen molar-refractivity contribution in [1.82, 2.24) is 16.0 Å². The molecule has 5 atom stereocenters. The van der Waals surface area contributed by atoms with Crippen LogP contribution in [0.25, 0.3) is 0 Å². The van der Waals surface area contributed by atoms with E-state index >= 15 is 0 Å². The van der Waals surface area contributed by atoms with Gasteiger partial charge >= 0.3 is 5.97 Å². The highest BCUT2D eigenvalue weighted by molar-refractivity contribution is 6.31. The standard InChI is InChI=1S/C26H38ClN3O5/c1-5-7-8-12-19-15-22(31)29-21(14-18-11-9-10-13-20(18)27)25(33)28-17(4)24(32)30-23(16(3)6-2)26(34)35-19/h9-11,13,16-17,19,21,23H,5-8,12,14-15H2,1-4H3,(H,28,33)(H,29,31)(H,30,32)/t16-,17-,19?,21-,23?/m0/s1. The molecule has 0 spiro atoms. The average molecular weight is 508 g/mol. The van der Waals surface area contributed by atoms with Gasteiger partial charge in [-0.3, -0.25) is 14.4 Å². The van der Waals surface area contributed by atoms with Crippen molar-refractivity contribution in [2.45, 2.75) is 96.9 Å². The highest BCUT2D eigenvalue weighted by Gasteiger charge is 2.34. The number of amides is 3. The van der Waals surface area contributed by atoms with Crippen molar-refractivity contribution in [2.75, 3.05) is 0 Å². The van der Waals surface area contributed by atoms with E-state index in [1.165, 1.54) is 6.92 Å². The lowest BCUT2D eigenvalue weighted by atomic mass is 9.98. The van der Waals surface area contributed by atoms with Crippen LogP contribution >= 0.6 is 11.6 Å². The predicted octanol–water partition coefficient (Wildman–Crippen LogP) is 3.30. The summed E-state index contributed by atoms with van der Waals surface area (Å²) in [6.45, 7) is 7.37. The first kappa shape index (κ1) is 28.6. The van der Waals surface area contributed by atoms with Crippen molar-refractivity contribution in [3.63, 3.8) is 0 Å². The summed E-state index contributed by atoms with van der Waals surface area (Å²) < 4.78 is 5.76. The molecule has 1 aliphatic rings. The van der Waals surface area contributed by atoms with E-state index in [0.29, 0.717) is 23.4 Å². The molecule has 2 rings (SSSR count). The van der Waals surface area contributed by atoms with Crippen molar-refractivity contribution in [2.24, 2.45) is 5.92 Å². The van der Waals surface area contributed by atoms with Crippen LogP contribution in [0, 0.1) is 5.92 Å². The summed E-state index contributed by atoms with van der Waals surface area (Å²) in [4.78, 5) is 52.0. The summed E-state index contributed by atoms with van der Waals surface area (Å²) in [7, 11) is 0. The van der Waals surface area contributed by atoms with Gasteiger partial charge in [0.05, 0.1) is 6.42 Å². The highest BCUT2D eigenvalue weighted by atomic mass is 35.5. The Balaban J connectivity index is 2.35. The molecule has 0 saturated carbocycles. The molecule has 1 aliphatic heterocycles. The lowest BCUT2D eigenvalue weighted by Gasteiger charge is -2.26. The van der Waals surface area contributed by atoms with Gasteiger partial charge in [-0.05, 0) is 37.3 Å². The first-order valence-electron chi connectivity index (χ1n) is 12.5. The first-order chi connectivity index (χ1) is 16.7. The van der Waals surface area contributed by atoms with Crippen LogP contribution in [0.15, 0.2) is 24.3 Å². The van der Waals surface area contributed by atoms with Gasteiger partial charge in [0, 0.05) is 11.4 Å². The van der Waals surface area contributed by atoms with Gasteiger partial charge in [0.15, 0.2) is 0 Å². The van der Waals surface area contributed by atoms with Gasteiger partial charge in [-0.25, -0.2) is 4.79 Å². The predicted molar refractivity (Wildman–Crippen MR) is 135 cm³/mol. The smallest absolute Gasteiger partial charge is 0.329 e. The second-order valence-electron chi connectivity index (χ2n) is 9.28. The third-order valence-corrected chi connectivity index (χ3v) is 6.74. The number of unbranched alkanes of at least 4 members (excludes halogenated alkanes) is 2. The zero-order chi connectivity index (χ0) is 26.0. The third-order valence-electron chi connectivity index (χ3n) is 6.38. The van der Waals surface area contributed by atoms with Crippen LogP contribution in [0.4, 0.5) is 0 Å². The third kappa shape index (κ3) is 8.84. The largest absolute Gasteiger partial charge is 0.460 e. The zero-order valence-electron chi connectivity index (χ0n) is 21.1. The van der Waals surface area contributed by atoms with Gasteiger partial charge < -0.3 is 20.7 Å². The molecule has 1 saturated heterocycles. The normalized spacial score (nSPS) is 25.2. The van der Waals surface area contributed by atoms with Crippen LogP contribution in [-0.4, -0.2) is 47.9 Å². The van der Waals surface area contributed by atoms with Crippen LogP contribution in [0.3, 0.4) is 0 Å². The molecule has 3 N–H and O–H groups in total. The minimum atomic E-state index is -0.948. The Labute approximate surface area is 212 Å². The fourth-order valence-electron chi connectivity index (χ4n) is 3.94. The lowest BCUT2D eigenvalue weighted by Crippen LogP contribution is -2.55. The summed E-state index contributed by atoms with van der Waals surface area (Å²) in [6, 6.07) is 4.34. The van der Waals surface area contributed by atoms with E-state index in [0.717, 1.165) is 19.3 Å². The van der Waals surface area contributed by atoms with Crippen LogP contribution in [0.1, 0.15) is 71.8 Å². The first-order valence-corrected chi connectivity index (χ1v) is 12.9. The maximum absolute atomic E-state index is 13.1. The number of hydrogen-bond acceptors (Lipinski definition) is 5. The molecule has 1 aromatic rings. The molecular weight excluding hydrogens is 470 g/mol. The molecule has 1 aromatic carbocycles. The van der Waals surface area contributed by atoms with Gasteiger partial charge in [0.2, 0.25) is 17.7 Å². The summed E-state index contributed by atoms with van der Waals surface area (Å²) >= 11 is 6.28. The molecule has 0 aliphatic carbocycles. The Morgan fingerprint density at radius 1 is 1.03 bits per heavy atom. The molecule has 1 heterocycles. The van der Waals surface area contributed by atoms with Crippen molar-refractivity contribution in [3.8, 4) is 0 Å². The van der Waals surface area contributed by atoms with E-state index in [1.54, 1.807) is 24.3 Å². The summed E-state index contributed by atoms with van der Waals surface area (Å²) in [5.74, 6) is -2.15. The molecule has 0 bridgehead atoms. The molecule has 35 heavy (non-hydrogen) atoms. The monoisotopic (exact) mass is 507 g/mol. The molecule has 3 amide bonds. The van der Waals surface area contributed by atoms with Crippen LogP contribution in [-0.2, 0) is 30.3 Å². The Kier molecular flexibility index (Phi) is 11.5. The molecule has 8 nitrogen and oxygen atoms in total. The maximum atomic E-state index is 13.1. The highest BCUT2D eigenvalue weighted by Crippen LogP contribution is 2.19. The van der Waals surface area contributed by atoms with Crippen molar-refractivity contribution < 1.29 is 23.9 Å². The Morgan fingerprint density at radius 3 is 2.40 bits per heavy atom. The molecular formula is C26H38ClN3O5. The van der Waals surface area contributed by atoms with Crippen LogP contribution in [0.2, 0.25) is 5.02 Å². The Bertz CT molecular complexity index is 893. The van der Waals surface area contributed by atoms with Gasteiger partial charge in [-0.2, -0.15) is 0 Å². The van der Waals surface area contributed by atoms with Crippen LogP contribution in [0.5, 0.6) is 0 Å². The van der Waals surface area contributed by atoms with Gasteiger partial charge in [0.25, 0.3) is 0 Å². The molecule has 2 unspecified atom stereocenters. The number of cyclic esters (lactones) is 1. The number of esters is 1.